The van der Waals surface area contributed by atoms with Crippen LogP contribution in [0.5, 0.6) is 0 Å². The summed E-state index contributed by atoms with van der Waals surface area (Å²) in [6, 6.07) is 7.33. The molecule has 19 heavy (non-hydrogen) atoms. The lowest BCUT2D eigenvalue weighted by atomic mass is 10.1. The molecule has 4 nitrogen and oxygen atoms in total. The first-order chi connectivity index (χ1) is 8.99. The Hall–Kier alpha value is -1.35. The molecule has 0 bridgehead atoms. The zero-order valence-electron chi connectivity index (χ0n) is 11.3. The fraction of sp³-hybridized carbons (Fsp3) is 0.429. The Morgan fingerprint density at radius 3 is 2.42 bits per heavy atom. The van der Waals surface area contributed by atoms with Gasteiger partial charge in [0.15, 0.2) is 0 Å². The number of sulfonamides is 1. The first kappa shape index (κ1) is 15.7. The van der Waals surface area contributed by atoms with Crippen molar-refractivity contribution in [2.75, 3.05) is 19.4 Å². The van der Waals surface area contributed by atoms with E-state index in [9.17, 15) is 8.42 Å². The maximum absolute atomic E-state index is 11.8. The van der Waals surface area contributed by atoms with E-state index in [1.165, 1.54) is 4.31 Å². The highest BCUT2D eigenvalue weighted by atomic mass is 32.2. The predicted octanol–water partition coefficient (Wildman–Crippen LogP) is 1.20. The van der Waals surface area contributed by atoms with Crippen molar-refractivity contribution in [2.45, 2.75) is 19.9 Å². The van der Waals surface area contributed by atoms with E-state index in [2.05, 4.69) is 11.8 Å². The zero-order valence-corrected chi connectivity index (χ0v) is 12.1. The molecule has 0 fully saturated rings. The fourth-order valence-electron chi connectivity index (χ4n) is 1.60. The summed E-state index contributed by atoms with van der Waals surface area (Å²) in [5, 5.41) is 8.59. The quantitative estimate of drug-likeness (QED) is 0.825. The predicted molar refractivity (Wildman–Crippen MR) is 76.0 cm³/mol. The molecular formula is C14H19NO3S. The summed E-state index contributed by atoms with van der Waals surface area (Å²) in [7, 11) is -1.57. The molecule has 0 amide bonds. The first-order valence-corrected chi connectivity index (χ1v) is 7.73. The number of benzene rings is 1. The van der Waals surface area contributed by atoms with Gasteiger partial charge in [0.1, 0.15) is 6.61 Å². The molecule has 104 valence electrons. The van der Waals surface area contributed by atoms with Gasteiger partial charge in [-0.15, -0.1) is 0 Å². The van der Waals surface area contributed by atoms with E-state index in [1.807, 2.05) is 31.2 Å². The Balaban J connectivity index is 2.73. The third kappa shape index (κ3) is 5.03. The second-order valence-corrected chi connectivity index (χ2v) is 6.42. The molecule has 0 heterocycles. The smallest absolute Gasteiger partial charge is 0.214 e. The molecule has 0 spiro atoms. The number of rotatable bonds is 5. The first-order valence-electron chi connectivity index (χ1n) is 6.12. The van der Waals surface area contributed by atoms with E-state index in [4.69, 9.17) is 5.11 Å². The molecule has 0 radical (unpaired) electrons. The van der Waals surface area contributed by atoms with E-state index in [1.54, 1.807) is 7.05 Å². The monoisotopic (exact) mass is 281 g/mol. The molecule has 5 heteroatoms. The number of nitrogens with zero attached hydrogens (tertiary/aromatic N) is 1. The summed E-state index contributed by atoms with van der Waals surface area (Å²) < 4.78 is 25.0. The Morgan fingerprint density at radius 1 is 1.26 bits per heavy atom. The van der Waals surface area contributed by atoms with Gasteiger partial charge in [-0.1, -0.05) is 30.9 Å². The minimum Gasteiger partial charge on any atom is -0.384 e. The normalized spacial score (nSPS) is 11.2. The molecule has 1 aromatic carbocycles. The largest absolute Gasteiger partial charge is 0.384 e. The maximum Gasteiger partial charge on any atom is 0.214 e. The van der Waals surface area contributed by atoms with Gasteiger partial charge in [0, 0.05) is 19.2 Å². The van der Waals surface area contributed by atoms with Crippen molar-refractivity contribution >= 4 is 10.0 Å². The third-order valence-electron chi connectivity index (χ3n) is 2.61. The minimum absolute atomic E-state index is 0.167. The zero-order chi connectivity index (χ0) is 14.3. The van der Waals surface area contributed by atoms with Crippen molar-refractivity contribution in [1.82, 2.24) is 4.31 Å². The van der Waals surface area contributed by atoms with Crippen molar-refractivity contribution in [3.8, 4) is 11.8 Å². The highest BCUT2D eigenvalue weighted by molar-refractivity contribution is 7.89. The van der Waals surface area contributed by atoms with E-state index >= 15 is 0 Å². The Labute approximate surface area is 115 Å². The molecule has 0 aliphatic carbocycles. The average Bonchev–Trinajstić information content (AvgIpc) is 2.38. The van der Waals surface area contributed by atoms with Gasteiger partial charge in [-0.25, -0.2) is 12.7 Å². The van der Waals surface area contributed by atoms with E-state index in [0.717, 1.165) is 11.1 Å². The van der Waals surface area contributed by atoms with Crippen LogP contribution in [-0.2, 0) is 16.6 Å². The lowest BCUT2D eigenvalue weighted by molar-refractivity contribution is 0.350. The number of hydrogen-bond acceptors (Lipinski definition) is 3. The highest BCUT2D eigenvalue weighted by Crippen LogP contribution is 2.09. The summed E-state index contributed by atoms with van der Waals surface area (Å²) in [6.45, 7) is 2.04. The van der Waals surface area contributed by atoms with Gasteiger partial charge in [0.25, 0.3) is 0 Å². The van der Waals surface area contributed by atoms with E-state index in [-0.39, 0.29) is 12.4 Å². The van der Waals surface area contributed by atoms with Crippen LogP contribution in [0.4, 0.5) is 0 Å². The van der Waals surface area contributed by atoms with E-state index < -0.39 is 10.0 Å². The molecule has 0 unspecified atom stereocenters. The van der Waals surface area contributed by atoms with Crippen LogP contribution >= 0.6 is 0 Å². The van der Waals surface area contributed by atoms with Crippen molar-refractivity contribution in [3.05, 3.63) is 35.4 Å². The van der Waals surface area contributed by atoms with Gasteiger partial charge in [-0.2, -0.15) is 0 Å². The Kier molecular flexibility index (Phi) is 6.03. The van der Waals surface area contributed by atoms with Crippen LogP contribution in [0.2, 0.25) is 0 Å². The summed E-state index contributed by atoms with van der Waals surface area (Å²) in [5.74, 6) is 5.53. The number of aliphatic hydroxyl groups is 1. The van der Waals surface area contributed by atoms with Crippen LogP contribution in [-0.4, -0.2) is 37.2 Å². The lowest BCUT2D eigenvalue weighted by Gasteiger charge is -2.16. The third-order valence-corrected chi connectivity index (χ3v) is 4.61. The standard InChI is InChI=1S/C14H19NO3S/c1-3-11-19(17,18)15(2)12-14-8-6-13(7-9-14)5-4-10-16/h6-9,16H,3,10-12H2,1-2H3. The van der Waals surface area contributed by atoms with Crippen LogP contribution < -0.4 is 0 Å². The molecule has 0 aromatic heterocycles. The van der Waals surface area contributed by atoms with Gasteiger partial charge in [0.2, 0.25) is 10.0 Å². The van der Waals surface area contributed by atoms with Gasteiger partial charge in [-0.3, -0.25) is 0 Å². The summed E-state index contributed by atoms with van der Waals surface area (Å²) in [4.78, 5) is 0. The topological polar surface area (TPSA) is 57.6 Å². The second-order valence-electron chi connectivity index (χ2n) is 4.23. The van der Waals surface area contributed by atoms with Crippen molar-refractivity contribution in [1.29, 1.82) is 0 Å². The molecule has 0 aliphatic rings. The summed E-state index contributed by atoms with van der Waals surface area (Å²) in [6.07, 6.45) is 0.613. The van der Waals surface area contributed by atoms with Gasteiger partial charge in [0.05, 0.1) is 5.75 Å². The number of aliphatic hydroxyl groups excluding tert-OH is 1. The summed E-state index contributed by atoms with van der Waals surface area (Å²) >= 11 is 0. The Bertz CT molecular complexity index is 553. The molecule has 0 aliphatic heterocycles. The minimum atomic E-state index is -3.16. The van der Waals surface area contributed by atoms with Gasteiger partial charge < -0.3 is 5.11 Å². The molecule has 1 rings (SSSR count). The van der Waals surface area contributed by atoms with Gasteiger partial charge in [-0.05, 0) is 24.1 Å². The van der Waals surface area contributed by atoms with Crippen LogP contribution in [0.3, 0.4) is 0 Å². The molecule has 0 atom stereocenters. The molecule has 0 saturated carbocycles. The van der Waals surface area contributed by atoms with Crippen LogP contribution in [0, 0.1) is 11.8 Å². The molecule has 1 aromatic rings. The molecule has 1 N–H and O–H groups in total. The SMILES string of the molecule is CCCS(=O)(=O)N(C)Cc1ccc(C#CCO)cc1. The summed E-state index contributed by atoms with van der Waals surface area (Å²) in [5.41, 5.74) is 1.72. The molecular weight excluding hydrogens is 262 g/mol. The maximum atomic E-state index is 11.8. The highest BCUT2D eigenvalue weighted by Gasteiger charge is 2.16. The number of hydrogen-bond donors (Lipinski definition) is 1. The van der Waals surface area contributed by atoms with Crippen LogP contribution in [0.15, 0.2) is 24.3 Å². The van der Waals surface area contributed by atoms with Crippen LogP contribution in [0.1, 0.15) is 24.5 Å². The van der Waals surface area contributed by atoms with Crippen LogP contribution in [0.25, 0.3) is 0 Å². The fourth-order valence-corrected chi connectivity index (χ4v) is 2.78. The van der Waals surface area contributed by atoms with Gasteiger partial charge >= 0.3 is 0 Å². The lowest BCUT2D eigenvalue weighted by Crippen LogP contribution is -2.28. The van der Waals surface area contributed by atoms with Crippen molar-refractivity contribution in [3.63, 3.8) is 0 Å². The second kappa shape index (κ2) is 7.29. The van der Waals surface area contributed by atoms with Crippen molar-refractivity contribution in [2.24, 2.45) is 0 Å². The average molecular weight is 281 g/mol. The molecule has 0 saturated heterocycles. The van der Waals surface area contributed by atoms with Crippen molar-refractivity contribution < 1.29 is 13.5 Å². The Morgan fingerprint density at radius 2 is 1.89 bits per heavy atom. The van der Waals surface area contributed by atoms with E-state index in [0.29, 0.717) is 13.0 Å².